The van der Waals surface area contributed by atoms with E-state index >= 15 is 0 Å². The molecule has 0 aliphatic rings. The van der Waals surface area contributed by atoms with Crippen LogP contribution in [0.4, 0.5) is 5.69 Å². The number of nitrogens with one attached hydrogen (secondary N) is 1. The lowest BCUT2D eigenvalue weighted by Gasteiger charge is -2.20. The lowest BCUT2D eigenvalue weighted by atomic mass is 10.0. The Morgan fingerprint density at radius 3 is 2.37 bits per heavy atom. The van der Waals surface area contributed by atoms with Crippen LogP contribution in [0.15, 0.2) is 48.5 Å². The van der Waals surface area contributed by atoms with E-state index in [9.17, 15) is 24.5 Å². The number of ether oxygens (including phenoxy) is 1. The Kier molecular flexibility index (Phi) is 7.80. The number of nitrogens with zero attached hydrogens (tertiary/aromatic N) is 1. The zero-order chi connectivity index (χ0) is 22.3. The van der Waals surface area contributed by atoms with Crippen molar-refractivity contribution in [1.82, 2.24) is 5.32 Å². The highest BCUT2D eigenvalue weighted by Gasteiger charge is 2.26. The van der Waals surface area contributed by atoms with Crippen molar-refractivity contribution in [3.05, 3.63) is 75.3 Å². The SMILES string of the molecule is Cc1ccc(C(=O)COC(=O)[C@@H](NC(=O)Cc2ccccc2)C(C)C)cc1[N+](=O)[O-]. The molecule has 2 aromatic carbocycles. The van der Waals surface area contributed by atoms with Gasteiger partial charge in [0, 0.05) is 17.2 Å². The highest BCUT2D eigenvalue weighted by atomic mass is 16.6. The van der Waals surface area contributed by atoms with Gasteiger partial charge in [0.25, 0.3) is 5.69 Å². The molecule has 0 aromatic heterocycles. The summed E-state index contributed by atoms with van der Waals surface area (Å²) in [6.07, 6.45) is 0.114. The van der Waals surface area contributed by atoms with Gasteiger partial charge in [0.05, 0.1) is 11.3 Å². The summed E-state index contributed by atoms with van der Waals surface area (Å²) in [6, 6.07) is 12.2. The third-order valence-corrected chi connectivity index (χ3v) is 4.52. The van der Waals surface area contributed by atoms with Gasteiger partial charge in [-0.15, -0.1) is 0 Å². The molecule has 0 saturated carbocycles. The quantitative estimate of drug-likeness (QED) is 0.293. The fourth-order valence-electron chi connectivity index (χ4n) is 2.79. The van der Waals surface area contributed by atoms with Crippen LogP contribution in [-0.4, -0.2) is 35.2 Å². The van der Waals surface area contributed by atoms with E-state index in [-0.39, 0.29) is 29.5 Å². The van der Waals surface area contributed by atoms with Crippen LogP contribution < -0.4 is 5.32 Å². The Morgan fingerprint density at radius 1 is 1.10 bits per heavy atom. The summed E-state index contributed by atoms with van der Waals surface area (Å²) in [4.78, 5) is 47.5. The first-order valence-corrected chi connectivity index (χ1v) is 9.47. The van der Waals surface area contributed by atoms with Crippen LogP contribution >= 0.6 is 0 Å². The van der Waals surface area contributed by atoms with Crippen molar-refractivity contribution in [1.29, 1.82) is 0 Å². The second kappa shape index (κ2) is 10.3. The summed E-state index contributed by atoms with van der Waals surface area (Å²) in [5.74, 6) is -1.89. The first kappa shape index (κ1) is 22.7. The van der Waals surface area contributed by atoms with Crippen molar-refractivity contribution in [3.63, 3.8) is 0 Å². The molecule has 0 heterocycles. The van der Waals surface area contributed by atoms with Crippen molar-refractivity contribution in [2.45, 2.75) is 33.2 Å². The van der Waals surface area contributed by atoms with Crippen molar-refractivity contribution in [3.8, 4) is 0 Å². The number of rotatable bonds is 9. The van der Waals surface area contributed by atoms with Crippen molar-refractivity contribution in [2.75, 3.05) is 6.61 Å². The number of ketones is 1. The largest absolute Gasteiger partial charge is 0.456 e. The number of aryl methyl sites for hydroxylation is 1. The fourth-order valence-corrected chi connectivity index (χ4v) is 2.79. The number of esters is 1. The molecule has 0 fully saturated rings. The molecule has 8 nitrogen and oxygen atoms in total. The Labute approximate surface area is 174 Å². The molecule has 30 heavy (non-hydrogen) atoms. The number of carbonyl (C=O) groups excluding carboxylic acids is 3. The van der Waals surface area contributed by atoms with Crippen LogP contribution in [0.2, 0.25) is 0 Å². The molecule has 2 aromatic rings. The number of hydrogen-bond acceptors (Lipinski definition) is 6. The summed E-state index contributed by atoms with van der Waals surface area (Å²) >= 11 is 0. The summed E-state index contributed by atoms with van der Waals surface area (Å²) < 4.78 is 5.09. The number of carbonyl (C=O) groups is 3. The predicted octanol–water partition coefficient (Wildman–Crippen LogP) is 3.01. The van der Waals surface area contributed by atoms with Crippen LogP contribution in [0.25, 0.3) is 0 Å². The van der Waals surface area contributed by atoms with Gasteiger partial charge in [0.1, 0.15) is 6.04 Å². The molecule has 0 bridgehead atoms. The van der Waals surface area contributed by atoms with Crippen LogP contribution in [0.1, 0.15) is 35.3 Å². The molecule has 0 aliphatic heterocycles. The average molecular weight is 412 g/mol. The van der Waals surface area contributed by atoms with Gasteiger partial charge in [0.15, 0.2) is 6.61 Å². The van der Waals surface area contributed by atoms with E-state index in [0.29, 0.717) is 5.56 Å². The van der Waals surface area contributed by atoms with Gasteiger partial charge in [-0.05, 0) is 18.4 Å². The summed E-state index contributed by atoms with van der Waals surface area (Å²) in [5, 5.41) is 13.7. The normalized spacial score (nSPS) is 11.6. The van der Waals surface area contributed by atoms with Gasteiger partial charge in [0.2, 0.25) is 11.7 Å². The smallest absolute Gasteiger partial charge is 0.329 e. The maximum atomic E-state index is 12.4. The molecule has 0 aliphatic carbocycles. The fraction of sp³-hybridized carbons (Fsp3) is 0.318. The van der Waals surface area contributed by atoms with Crippen LogP contribution in [0.5, 0.6) is 0 Å². The summed E-state index contributed by atoms with van der Waals surface area (Å²) in [5.41, 5.74) is 1.13. The Morgan fingerprint density at radius 2 is 1.77 bits per heavy atom. The summed E-state index contributed by atoms with van der Waals surface area (Å²) in [7, 11) is 0. The minimum Gasteiger partial charge on any atom is -0.456 e. The minimum atomic E-state index is -0.915. The molecule has 2 rings (SSSR count). The molecule has 0 spiro atoms. The van der Waals surface area contributed by atoms with Crippen LogP contribution in [-0.2, 0) is 20.7 Å². The third-order valence-electron chi connectivity index (χ3n) is 4.52. The van der Waals surface area contributed by atoms with Gasteiger partial charge in [-0.2, -0.15) is 0 Å². The first-order chi connectivity index (χ1) is 14.2. The second-order valence-corrected chi connectivity index (χ2v) is 7.24. The first-order valence-electron chi connectivity index (χ1n) is 9.47. The molecule has 1 amide bonds. The number of nitro benzene ring substituents is 1. The average Bonchev–Trinajstić information content (AvgIpc) is 2.70. The number of Topliss-reactive ketones (excluding diaryl/α,β-unsaturated/α-hetero) is 1. The second-order valence-electron chi connectivity index (χ2n) is 7.24. The molecule has 8 heteroatoms. The Balaban J connectivity index is 1.98. The van der Waals surface area contributed by atoms with Gasteiger partial charge < -0.3 is 10.1 Å². The molecule has 1 N–H and O–H groups in total. The lowest BCUT2D eigenvalue weighted by Crippen LogP contribution is -2.46. The van der Waals surface area contributed by atoms with E-state index in [1.54, 1.807) is 20.8 Å². The standard InChI is InChI=1S/C22H24N2O6/c1-14(2)21(23-20(26)11-16-7-5-4-6-8-16)22(27)30-13-19(25)17-10-9-15(3)18(12-17)24(28)29/h4-10,12,14,21H,11,13H2,1-3H3,(H,23,26)/t21-/m0/s1. The van der Waals surface area contributed by atoms with E-state index in [1.807, 2.05) is 30.3 Å². The molecule has 0 radical (unpaired) electrons. The molecule has 158 valence electrons. The van der Waals surface area contributed by atoms with Crippen LogP contribution in [0, 0.1) is 23.0 Å². The van der Waals surface area contributed by atoms with Crippen molar-refractivity contribution in [2.24, 2.45) is 5.92 Å². The zero-order valence-corrected chi connectivity index (χ0v) is 17.1. The Hall–Kier alpha value is -3.55. The topological polar surface area (TPSA) is 116 Å². The van der Waals surface area contributed by atoms with E-state index in [0.717, 1.165) is 11.6 Å². The number of hydrogen-bond donors (Lipinski definition) is 1. The highest BCUT2D eigenvalue weighted by molar-refractivity contribution is 5.99. The maximum Gasteiger partial charge on any atom is 0.329 e. The number of nitro groups is 1. The van der Waals surface area contributed by atoms with Gasteiger partial charge >= 0.3 is 5.97 Å². The van der Waals surface area contributed by atoms with Gasteiger partial charge in [-0.25, -0.2) is 4.79 Å². The maximum absolute atomic E-state index is 12.4. The molecule has 1 atom stereocenters. The highest BCUT2D eigenvalue weighted by Crippen LogP contribution is 2.19. The van der Waals surface area contributed by atoms with Crippen molar-refractivity contribution < 1.29 is 24.0 Å². The summed E-state index contributed by atoms with van der Waals surface area (Å²) in [6.45, 7) is 4.49. The van der Waals surface area contributed by atoms with Crippen molar-refractivity contribution >= 4 is 23.3 Å². The predicted molar refractivity (Wildman–Crippen MR) is 110 cm³/mol. The monoisotopic (exact) mass is 412 g/mol. The Bertz CT molecular complexity index is 940. The van der Waals surface area contributed by atoms with E-state index < -0.39 is 29.3 Å². The van der Waals surface area contributed by atoms with E-state index in [2.05, 4.69) is 5.32 Å². The lowest BCUT2D eigenvalue weighted by molar-refractivity contribution is -0.385. The van der Waals surface area contributed by atoms with E-state index in [1.165, 1.54) is 12.1 Å². The van der Waals surface area contributed by atoms with Gasteiger partial charge in [-0.3, -0.25) is 19.7 Å². The third kappa shape index (κ3) is 6.23. The molecular formula is C22H24N2O6. The van der Waals surface area contributed by atoms with Crippen LogP contribution in [0.3, 0.4) is 0 Å². The molecule has 0 unspecified atom stereocenters. The zero-order valence-electron chi connectivity index (χ0n) is 17.1. The molecule has 0 saturated heterocycles. The number of amides is 1. The van der Waals surface area contributed by atoms with E-state index in [4.69, 9.17) is 4.74 Å². The number of benzene rings is 2. The minimum absolute atomic E-state index is 0.0781. The molecular weight excluding hydrogens is 388 g/mol. The van der Waals surface area contributed by atoms with Gasteiger partial charge in [-0.1, -0.05) is 56.3 Å².